The van der Waals surface area contributed by atoms with Crippen LogP contribution < -0.4 is 10.6 Å². The Morgan fingerprint density at radius 3 is 2.41 bits per heavy atom. The van der Waals surface area contributed by atoms with Crippen molar-refractivity contribution in [2.45, 2.75) is 43.8 Å². The highest BCUT2D eigenvalue weighted by molar-refractivity contribution is 8.00. The summed E-state index contributed by atoms with van der Waals surface area (Å²) in [4.78, 5) is 37.7. The van der Waals surface area contributed by atoms with E-state index in [0.29, 0.717) is 18.5 Å². The third-order valence-corrected chi connectivity index (χ3v) is 6.60. The Balaban J connectivity index is 1.62. The van der Waals surface area contributed by atoms with E-state index in [1.165, 1.54) is 11.8 Å². The van der Waals surface area contributed by atoms with Crippen LogP contribution in [0, 0.1) is 25.7 Å². The number of carbonyl (C=O) groups is 3. The Kier molecular flexibility index (Phi) is 7.75. The molecule has 2 aromatic carbocycles. The van der Waals surface area contributed by atoms with Crippen molar-refractivity contribution in [1.82, 2.24) is 0 Å². The van der Waals surface area contributed by atoms with Gasteiger partial charge in [-0.1, -0.05) is 35.9 Å². The summed E-state index contributed by atoms with van der Waals surface area (Å²) >= 11 is 1.39. The zero-order valence-electron chi connectivity index (χ0n) is 18.4. The molecular formula is C25H28N2O4S. The molecule has 7 heteroatoms. The van der Waals surface area contributed by atoms with Gasteiger partial charge in [0, 0.05) is 16.3 Å². The van der Waals surface area contributed by atoms with Crippen LogP contribution in [0.1, 0.15) is 30.9 Å². The van der Waals surface area contributed by atoms with Gasteiger partial charge < -0.3 is 15.7 Å². The number of carboxylic acids is 1. The van der Waals surface area contributed by atoms with E-state index >= 15 is 0 Å². The molecule has 32 heavy (non-hydrogen) atoms. The molecule has 1 aliphatic carbocycles. The van der Waals surface area contributed by atoms with Gasteiger partial charge in [0.2, 0.25) is 11.8 Å². The third-order valence-electron chi connectivity index (χ3n) is 5.51. The Morgan fingerprint density at radius 2 is 1.72 bits per heavy atom. The van der Waals surface area contributed by atoms with Crippen LogP contribution >= 0.6 is 11.8 Å². The molecule has 0 spiro atoms. The molecule has 0 radical (unpaired) electrons. The molecule has 3 atom stereocenters. The number of carboxylic acid groups (broad SMARTS) is 1. The number of anilines is 2. The molecule has 0 heterocycles. The normalized spacial score (nSPS) is 18.6. The molecule has 6 nitrogen and oxygen atoms in total. The van der Waals surface area contributed by atoms with Crippen molar-refractivity contribution in [3.8, 4) is 0 Å². The highest BCUT2D eigenvalue weighted by Gasteiger charge is 2.34. The maximum absolute atomic E-state index is 12.7. The van der Waals surface area contributed by atoms with E-state index in [0.717, 1.165) is 21.7 Å². The average molecular weight is 453 g/mol. The second-order valence-corrected chi connectivity index (χ2v) is 9.49. The number of aryl methyl sites for hydroxylation is 2. The first-order chi connectivity index (χ1) is 15.2. The highest BCUT2D eigenvalue weighted by Crippen LogP contribution is 2.30. The first-order valence-corrected chi connectivity index (χ1v) is 11.5. The van der Waals surface area contributed by atoms with Crippen LogP contribution in [0.5, 0.6) is 0 Å². The molecule has 3 rings (SSSR count). The van der Waals surface area contributed by atoms with Crippen LogP contribution in [0.4, 0.5) is 11.4 Å². The highest BCUT2D eigenvalue weighted by atomic mass is 32.2. The van der Waals surface area contributed by atoms with E-state index in [-0.39, 0.29) is 17.1 Å². The van der Waals surface area contributed by atoms with E-state index in [9.17, 15) is 19.5 Å². The lowest BCUT2D eigenvalue weighted by molar-refractivity contribution is -0.146. The third kappa shape index (κ3) is 6.01. The van der Waals surface area contributed by atoms with Gasteiger partial charge in [-0.2, -0.15) is 0 Å². The molecule has 1 aliphatic rings. The van der Waals surface area contributed by atoms with Gasteiger partial charge in [0.25, 0.3) is 0 Å². The van der Waals surface area contributed by atoms with Gasteiger partial charge in [0.15, 0.2) is 0 Å². The largest absolute Gasteiger partial charge is 0.481 e. The molecule has 2 aromatic rings. The number of nitrogens with one attached hydrogen (secondary N) is 2. The molecular weight excluding hydrogens is 424 g/mol. The van der Waals surface area contributed by atoms with Crippen molar-refractivity contribution >= 4 is 40.9 Å². The second-order valence-electron chi connectivity index (χ2n) is 8.08. The molecule has 0 fully saturated rings. The predicted molar refractivity (Wildman–Crippen MR) is 128 cm³/mol. The number of thioether (sulfide) groups is 1. The SMILES string of the molecule is Cc1ccc(NC(=O)C(C)Sc2cccc(NC(=O)C3CC=CCC3C(=O)O)c2)c(C)c1. The zero-order valence-corrected chi connectivity index (χ0v) is 19.2. The summed E-state index contributed by atoms with van der Waals surface area (Å²) in [6, 6.07) is 13.1. The van der Waals surface area contributed by atoms with Gasteiger partial charge in [-0.25, -0.2) is 0 Å². The van der Waals surface area contributed by atoms with Gasteiger partial charge >= 0.3 is 5.97 Å². The summed E-state index contributed by atoms with van der Waals surface area (Å²) in [5.74, 6) is -2.68. The van der Waals surface area contributed by atoms with Crippen molar-refractivity contribution in [3.63, 3.8) is 0 Å². The lowest BCUT2D eigenvalue weighted by Gasteiger charge is -2.24. The molecule has 3 N–H and O–H groups in total. The van der Waals surface area contributed by atoms with Crippen molar-refractivity contribution in [2.75, 3.05) is 10.6 Å². The minimum atomic E-state index is -0.956. The summed E-state index contributed by atoms with van der Waals surface area (Å²) in [7, 11) is 0. The fraction of sp³-hybridized carbons (Fsp3) is 0.320. The van der Waals surface area contributed by atoms with Gasteiger partial charge in [-0.3, -0.25) is 14.4 Å². The molecule has 0 aromatic heterocycles. The van der Waals surface area contributed by atoms with Crippen molar-refractivity contribution in [2.24, 2.45) is 11.8 Å². The van der Waals surface area contributed by atoms with Crippen LogP contribution in [0.2, 0.25) is 0 Å². The van der Waals surface area contributed by atoms with E-state index in [1.54, 1.807) is 12.1 Å². The summed E-state index contributed by atoms with van der Waals surface area (Å²) in [6.45, 7) is 5.81. The Labute approximate surface area is 192 Å². The lowest BCUT2D eigenvalue weighted by atomic mass is 9.82. The summed E-state index contributed by atoms with van der Waals surface area (Å²) < 4.78 is 0. The second kappa shape index (κ2) is 10.5. The molecule has 0 saturated heterocycles. The number of carbonyl (C=O) groups excluding carboxylic acids is 2. The molecule has 3 unspecified atom stereocenters. The molecule has 168 valence electrons. The Bertz CT molecular complexity index is 1050. The topological polar surface area (TPSA) is 95.5 Å². The molecule has 0 bridgehead atoms. The maximum atomic E-state index is 12.7. The standard InChI is InChI=1S/C25H28N2O4S/c1-15-11-12-22(16(2)13-15)27-23(28)17(3)32-19-8-6-7-18(14-19)26-24(29)20-9-4-5-10-21(20)25(30)31/h4-8,11-14,17,20-21H,9-10H2,1-3H3,(H,26,29)(H,27,28)(H,30,31). The predicted octanol–water partition coefficient (Wildman–Crippen LogP) is 5.03. The summed E-state index contributed by atoms with van der Waals surface area (Å²) in [6.07, 6.45) is 4.43. The van der Waals surface area contributed by atoms with Crippen molar-refractivity contribution in [1.29, 1.82) is 0 Å². The minimum Gasteiger partial charge on any atom is -0.481 e. The number of benzene rings is 2. The van der Waals surface area contributed by atoms with Crippen molar-refractivity contribution < 1.29 is 19.5 Å². The fourth-order valence-corrected chi connectivity index (χ4v) is 4.63. The first-order valence-electron chi connectivity index (χ1n) is 10.6. The number of aliphatic carboxylic acids is 1. The number of hydrogen-bond donors (Lipinski definition) is 3. The number of amides is 2. The molecule has 0 saturated carbocycles. The minimum absolute atomic E-state index is 0.102. The van der Waals surface area contributed by atoms with Gasteiger partial charge in [0.1, 0.15) is 0 Å². The van der Waals surface area contributed by atoms with Crippen LogP contribution in [0.25, 0.3) is 0 Å². The quantitative estimate of drug-likeness (QED) is 0.405. The Morgan fingerprint density at radius 1 is 1.00 bits per heavy atom. The number of hydrogen-bond acceptors (Lipinski definition) is 4. The average Bonchev–Trinajstić information content (AvgIpc) is 2.75. The van der Waals surface area contributed by atoms with Crippen LogP contribution in [0.3, 0.4) is 0 Å². The van der Waals surface area contributed by atoms with Crippen molar-refractivity contribution in [3.05, 3.63) is 65.7 Å². The van der Waals surface area contributed by atoms with Crippen LogP contribution in [-0.2, 0) is 14.4 Å². The Hall–Kier alpha value is -3.06. The van der Waals surface area contributed by atoms with E-state index in [1.807, 2.05) is 63.3 Å². The van der Waals surface area contributed by atoms with Gasteiger partial charge in [-0.15, -0.1) is 11.8 Å². The van der Waals surface area contributed by atoms with E-state index in [4.69, 9.17) is 0 Å². The van der Waals surface area contributed by atoms with E-state index < -0.39 is 17.8 Å². The van der Waals surface area contributed by atoms with Gasteiger partial charge in [0.05, 0.1) is 17.1 Å². The monoisotopic (exact) mass is 452 g/mol. The fourth-order valence-electron chi connectivity index (χ4n) is 3.70. The van der Waals surface area contributed by atoms with E-state index in [2.05, 4.69) is 10.6 Å². The molecule has 0 aliphatic heterocycles. The maximum Gasteiger partial charge on any atom is 0.307 e. The molecule has 2 amide bonds. The number of rotatable bonds is 7. The smallest absolute Gasteiger partial charge is 0.307 e. The van der Waals surface area contributed by atoms with Crippen LogP contribution in [0.15, 0.2) is 59.5 Å². The lowest BCUT2D eigenvalue weighted by Crippen LogP contribution is -2.34. The summed E-state index contributed by atoms with van der Waals surface area (Å²) in [5.41, 5.74) is 3.53. The number of allylic oxidation sites excluding steroid dienone is 2. The summed E-state index contributed by atoms with van der Waals surface area (Å²) in [5, 5.41) is 14.9. The van der Waals surface area contributed by atoms with Crippen LogP contribution in [-0.4, -0.2) is 28.1 Å². The zero-order chi connectivity index (χ0) is 23.3. The van der Waals surface area contributed by atoms with Gasteiger partial charge in [-0.05, 0) is 63.4 Å². The first kappa shape index (κ1) is 23.6.